The summed E-state index contributed by atoms with van der Waals surface area (Å²) in [5, 5.41) is 16.0. The number of halogens is 2. The highest BCUT2D eigenvalue weighted by atomic mass is 35.5. The predicted octanol–water partition coefficient (Wildman–Crippen LogP) is 1.07. The van der Waals surface area contributed by atoms with Gasteiger partial charge in [0, 0.05) is 36.1 Å². The van der Waals surface area contributed by atoms with Gasteiger partial charge < -0.3 is 15.7 Å². The Kier molecular flexibility index (Phi) is 5.88. The van der Waals surface area contributed by atoms with Crippen molar-refractivity contribution in [2.24, 2.45) is 5.92 Å². The first-order chi connectivity index (χ1) is 8.16. The zero-order chi connectivity index (χ0) is 12.3. The smallest absolute Gasteiger partial charge is 0.251 e. The van der Waals surface area contributed by atoms with Crippen LogP contribution in [0.3, 0.4) is 0 Å². The summed E-state index contributed by atoms with van der Waals surface area (Å²) in [5.74, 6) is -0.0789. The molecule has 18 heavy (non-hydrogen) atoms. The normalized spacial score (nSPS) is 22.3. The first-order valence-electron chi connectivity index (χ1n) is 5.59. The summed E-state index contributed by atoms with van der Waals surface area (Å²) in [5.41, 5.74) is 0.540. The molecule has 1 aromatic rings. The summed E-state index contributed by atoms with van der Waals surface area (Å²) in [6, 6.07) is 6.80. The molecule has 0 saturated carbocycles. The quantitative estimate of drug-likeness (QED) is 0.781. The van der Waals surface area contributed by atoms with Gasteiger partial charge >= 0.3 is 0 Å². The third kappa shape index (κ3) is 3.85. The van der Waals surface area contributed by atoms with Gasteiger partial charge in [-0.3, -0.25) is 4.79 Å². The van der Waals surface area contributed by atoms with Crippen LogP contribution in [-0.2, 0) is 0 Å². The van der Waals surface area contributed by atoms with Crippen molar-refractivity contribution in [2.75, 3.05) is 19.6 Å². The van der Waals surface area contributed by atoms with Crippen LogP contribution in [0.15, 0.2) is 24.3 Å². The van der Waals surface area contributed by atoms with Crippen LogP contribution in [0.2, 0.25) is 5.02 Å². The first-order valence-corrected chi connectivity index (χ1v) is 5.97. The summed E-state index contributed by atoms with van der Waals surface area (Å²) in [6.07, 6.45) is -0.380. The van der Waals surface area contributed by atoms with Crippen molar-refractivity contribution in [3.63, 3.8) is 0 Å². The van der Waals surface area contributed by atoms with Gasteiger partial charge in [-0.25, -0.2) is 0 Å². The summed E-state index contributed by atoms with van der Waals surface area (Å²) >= 11 is 5.81. The van der Waals surface area contributed by atoms with Crippen LogP contribution in [-0.4, -0.2) is 36.8 Å². The fourth-order valence-electron chi connectivity index (χ4n) is 1.88. The van der Waals surface area contributed by atoms with Crippen molar-refractivity contribution in [1.82, 2.24) is 10.6 Å². The molecule has 3 N–H and O–H groups in total. The standard InChI is InChI=1S/C12H15ClN2O2.ClH/c13-10-3-1-2-8(4-10)12(17)15-6-9-5-14-7-11(9)16;/h1-4,9,11,14,16H,5-7H2,(H,15,17);1H. The second-order valence-corrected chi connectivity index (χ2v) is 4.64. The van der Waals surface area contributed by atoms with E-state index >= 15 is 0 Å². The van der Waals surface area contributed by atoms with Crippen LogP contribution in [0, 0.1) is 5.92 Å². The van der Waals surface area contributed by atoms with E-state index in [4.69, 9.17) is 11.6 Å². The van der Waals surface area contributed by atoms with Crippen molar-refractivity contribution < 1.29 is 9.90 Å². The number of amides is 1. The third-order valence-corrected chi connectivity index (χ3v) is 3.15. The molecule has 1 saturated heterocycles. The number of aliphatic hydroxyl groups is 1. The first kappa shape index (κ1) is 15.2. The highest BCUT2D eigenvalue weighted by molar-refractivity contribution is 6.30. The molecule has 6 heteroatoms. The number of carbonyl (C=O) groups excluding carboxylic acids is 1. The molecule has 1 aliphatic rings. The van der Waals surface area contributed by atoms with E-state index in [0.29, 0.717) is 23.7 Å². The lowest BCUT2D eigenvalue weighted by molar-refractivity contribution is 0.0927. The lowest BCUT2D eigenvalue weighted by atomic mass is 10.1. The maximum atomic E-state index is 11.8. The molecule has 100 valence electrons. The van der Waals surface area contributed by atoms with Crippen LogP contribution in [0.1, 0.15) is 10.4 Å². The van der Waals surface area contributed by atoms with E-state index in [2.05, 4.69) is 10.6 Å². The lowest BCUT2D eigenvalue weighted by Gasteiger charge is -2.14. The van der Waals surface area contributed by atoms with Crippen LogP contribution in [0.4, 0.5) is 0 Å². The molecule has 0 radical (unpaired) electrons. The zero-order valence-electron chi connectivity index (χ0n) is 9.73. The minimum absolute atomic E-state index is 0. The van der Waals surface area contributed by atoms with E-state index in [1.54, 1.807) is 24.3 Å². The summed E-state index contributed by atoms with van der Waals surface area (Å²) in [6.45, 7) is 1.80. The Labute approximate surface area is 117 Å². The van der Waals surface area contributed by atoms with Gasteiger partial charge in [0.15, 0.2) is 0 Å². The fraction of sp³-hybridized carbons (Fsp3) is 0.417. The molecule has 2 rings (SSSR count). The molecule has 0 aromatic heterocycles. The number of hydrogen-bond acceptors (Lipinski definition) is 3. The Bertz CT molecular complexity index is 415. The zero-order valence-corrected chi connectivity index (χ0v) is 11.3. The number of hydrogen-bond donors (Lipinski definition) is 3. The van der Waals surface area contributed by atoms with Crippen molar-refractivity contribution in [3.8, 4) is 0 Å². The van der Waals surface area contributed by atoms with E-state index < -0.39 is 0 Å². The van der Waals surface area contributed by atoms with Gasteiger partial charge in [0.25, 0.3) is 5.91 Å². The molecule has 2 unspecified atom stereocenters. The van der Waals surface area contributed by atoms with Crippen LogP contribution < -0.4 is 10.6 Å². The molecule has 0 bridgehead atoms. The number of aliphatic hydroxyl groups excluding tert-OH is 1. The predicted molar refractivity (Wildman–Crippen MR) is 73.4 cm³/mol. The Morgan fingerprint density at radius 2 is 2.28 bits per heavy atom. The highest BCUT2D eigenvalue weighted by Gasteiger charge is 2.25. The van der Waals surface area contributed by atoms with Crippen LogP contribution in [0.25, 0.3) is 0 Å². The average molecular weight is 291 g/mol. The molecule has 0 aliphatic carbocycles. The monoisotopic (exact) mass is 290 g/mol. The number of nitrogens with one attached hydrogen (secondary N) is 2. The number of benzene rings is 1. The maximum Gasteiger partial charge on any atom is 0.251 e. The van der Waals surface area contributed by atoms with Gasteiger partial charge in [0.05, 0.1) is 6.10 Å². The lowest BCUT2D eigenvalue weighted by Crippen LogP contribution is -2.34. The molecule has 1 amide bonds. The number of carbonyl (C=O) groups is 1. The van der Waals surface area contributed by atoms with Gasteiger partial charge in [-0.2, -0.15) is 0 Å². The van der Waals surface area contributed by atoms with E-state index in [1.807, 2.05) is 0 Å². The summed E-state index contributed by atoms with van der Waals surface area (Å²) in [4.78, 5) is 11.8. The Morgan fingerprint density at radius 3 is 2.89 bits per heavy atom. The third-order valence-electron chi connectivity index (χ3n) is 2.92. The minimum atomic E-state index is -0.380. The maximum absolute atomic E-state index is 11.8. The molecular weight excluding hydrogens is 275 g/mol. The highest BCUT2D eigenvalue weighted by Crippen LogP contribution is 2.11. The van der Waals surface area contributed by atoms with Crippen LogP contribution >= 0.6 is 24.0 Å². The van der Waals surface area contributed by atoms with Gasteiger partial charge in [-0.05, 0) is 18.2 Å². The van der Waals surface area contributed by atoms with Crippen LogP contribution in [0.5, 0.6) is 0 Å². The van der Waals surface area contributed by atoms with Gasteiger partial charge in [-0.1, -0.05) is 17.7 Å². The Hall–Kier alpha value is -0.810. The largest absolute Gasteiger partial charge is 0.391 e. The van der Waals surface area contributed by atoms with Gasteiger partial charge in [0.1, 0.15) is 0 Å². The summed E-state index contributed by atoms with van der Waals surface area (Å²) < 4.78 is 0. The van der Waals surface area contributed by atoms with Gasteiger partial charge in [-0.15, -0.1) is 12.4 Å². The molecule has 1 aliphatic heterocycles. The minimum Gasteiger partial charge on any atom is -0.391 e. The Morgan fingerprint density at radius 1 is 1.50 bits per heavy atom. The van der Waals surface area contributed by atoms with Crippen molar-refractivity contribution in [1.29, 1.82) is 0 Å². The van der Waals surface area contributed by atoms with Gasteiger partial charge in [0.2, 0.25) is 0 Å². The SMILES string of the molecule is Cl.O=C(NCC1CNCC1O)c1cccc(Cl)c1. The second kappa shape index (κ2) is 6.95. The second-order valence-electron chi connectivity index (χ2n) is 4.21. The summed E-state index contributed by atoms with van der Waals surface area (Å²) in [7, 11) is 0. The topological polar surface area (TPSA) is 61.4 Å². The van der Waals surface area contributed by atoms with E-state index in [-0.39, 0.29) is 30.3 Å². The molecule has 4 nitrogen and oxygen atoms in total. The van der Waals surface area contributed by atoms with E-state index in [9.17, 15) is 9.90 Å². The van der Waals surface area contributed by atoms with E-state index in [1.165, 1.54) is 0 Å². The molecule has 1 heterocycles. The fourth-order valence-corrected chi connectivity index (χ4v) is 2.07. The van der Waals surface area contributed by atoms with Crippen molar-refractivity contribution in [3.05, 3.63) is 34.9 Å². The molecular formula is C12H16Cl2N2O2. The molecule has 0 spiro atoms. The number of β-amino-alcohol motifs (C(OH)–C–C–N with tert-alkyl or cyclic N) is 1. The average Bonchev–Trinajstić information content (AvgIpc) is 2.72. The molecule has 1 fully saturated rings. The van der Waals surface area contributed by atoms with Crippen molar-refractivity contribution >= 4 is 29.9 Å². The van der Waals surface area contributed by atoms with Crippen molar-refractivity contribution in [2.45, 2.75) is 6.10 Å². The number of rotatable bonds is 3. The molecule has 1 aromatic carbocycles. The van der Waals surface area contributed by atoms with E-state index in [0.717, 1.165) is 6.54 Å². The Balaban J connectivity index is 0.00000162. The molecule has 2 atom stereocenters.